The maximum atomic E-state index is 6.61. The van der Waals surface area contributed by atoms with Gasteiger partial charge in [-0.25, -0.2) is 0 Å². The number of hydrogen-bond acceptors (Lipinski definition) is 2. The molecule has 0 unspecified atom stereocenters. The van der Waals surface area contributed by atoms with Gasteiger partial charge in [-0.2, -0.15) is 0 Å². The fraction of sp³-hybridized carbons (Fsp3) is 0.143. The summed E-state index contributed by atoms with van der Waals surface area (Å²) in [6.07, 6.45) is 6.35. The Morgan fingerprint density at radius 3 is 2.25 bits per heavy atom. The van der Waals surface area contributed by atoms with E-state index in [0.717, 1.165) is 69.2 Å². The first-order chi connectivity index (χ1) is 23.5. The van der Waals surface area contributed by atoms with Crippen molar-refractivity contribution in [3.63, 3.8) is 0 Å². The van der Waals surface area contributed by atoms with Crippen molar-refractivity contribution >= 4 is 27.3 Å². The van der Waals surface area contributed by atoms with E-state index >= 15 is 0 Å². The third kappa shape index (κ3) is 5.05. The standard InChI is InChI=1S/C42H34N4O.Pt/c1-28-22-29(2)43-42(23-28)46-39-9-4-3-8-37(39)38-21-20-36(25-40(38)46)47-35-7-5-6-34(24-35)44-26-41-32-16-14-30-10-12-31(13-11-30)15-18-33(19-17-32)45(41)27-44;/h3-13,17,19-26H,14-16,18H2,1-2H3;. The predicted octanol–water partition coefficient (Wildman–Crippen LogP) is 9.59. The van der Waals surface area contributed by atoms with Crippen molar-refractivity contribution in [1.82, 2.24) is 18.5 Å². The van der Waals surface area contributed by atoms with E-state index < -0.39 is 0 Å². The Bertz CT molecular complexity index is 2570. The monoisotopic (exact) mass is 805 g/mol. The van der Waals surface area contributed by atoms with Crippen LogP contribution in [0.25, 0.3) is 38.8 Å². The maximum absolute atomic E-state index is 6.61. The zero-order valence-electron chi connectivity index (χ0n) is 26.9. The summed E-state index contributed by atoms with van der Waals surface area (Å²) in [6.45, 7) is 4.18. The summed E-state index contributed by atoms with van der Waals surface area (Å²) >= 11 is 2.49. The normalized spacial score (nSPS) is 13.0. The molecule has 5 nitrogen and oxygen atoms in total. The number of aromatic nitrogens is 4. The molecule has 8 aromatic rings. The van der Waals surface area contributed by atoms with Crippen molar-refractivity contribution < 1.29 is 24.1 Å². The van der Waals surface area contributed by atoms with Gasteiger partial charge >= 0.3 is 248 Å². The Kier molecular flexibility index (Phi) is 7.05. The molecule has 6 heteroatoms. The number of fused-ring (bicyclic) bond motifs is 3. The molecule has 0 atom stereocenters. The number of ether oxygens (including phenoxy) is 1. The van der Waals surface area contributed by atoms with E-state index in [1.807, 2.05) is 6.07 Å². The van der Waals surface area contributed by atoms with Crippen molar-refractivity contribution in [3.8, 4) is 23.0 Å². The molecule has 0 radical (unpaired) electrons. The molecule has 0 saturated carbocycles. The summed E-state index contributed by atoms with van der Waals surface area (Å²) in [5.41, 5.74) is 12.2. The molecule has 48 heavy (non-hydrogen) atoms. The topological polar surface area (TPSA) is 36.4 Å². The summed E-state index contributed by atoms with van der Waals surface area (Å²) in [4.78, 5) is 4.93. The molecule has 0 N–H and O–H groups in total. The van der Waals surface area contributed by atoms with E-state index in [1.165, 1.54) is 44.2 Å². The molecule has 0 amide bonds. The average molecular weight is 806 g/mol. The van der Waals surface area contributed by atoms with E-state index in [4.69, 9.17) is 9.72 Å². The predicted molar refractivity (Wildman–Crippen MR) is 189 cm³/mol. The van der Waals surface area contributed by atoms with E-state index in [0.29, 0.717) is 0 Å². The second-order valence-corrected chi connectivity index (χ2v) is 13.9. The molecule has 4 aliphatic rings. The summed E-state index contributed by atoms with van der Waals surface area (Å²) in [7, 11) is 0. The van der Waals surface area contributed by atoms with E-state index in [9.17, 15) is 0 Å². The SMILES string of the molecule is Cc1cc(C)nc(-n2c3ccccc3c3ccc(Oc4cccc(-n5cc6c7ccc(n6[c]5=[Pt])CCc5ccc(cc5)CC7)c4)cc32)c1. The quantitative estimate of drug-likeness (QED) is 0.178. The minimum absolute atomic E-state index is 0.789. The number of imidazole rings is 1. The van der Waals surface area contributed by atoms with Crippen LogP contribution in [-0.2, 0) is 45.0 Å². The zero-order chi connectivity index (χ0) is 32.4. The summed E-state index contributed by atoms with van der Waals surface area (Å²) in [5.74, 6) is 2.50. The van der Waals surface area contributed by atoms with Crippen LogP contribution in [0.4, 0.5) is 0 Å². The number of rotatable bonds is 4. The average Bonchev–Trinajstić information content (AvgIpc) is 3.61. The Balaban J connectivity index is 1.11. The Hall–Kier alpha value is -4.99. The number of nitrogens with zero attached hydrogens (tertiary/aromatic N) is 4. The van der Waals surface area contributed by atoms with Gasteiger partial charge in [-0.05, 0) is 25.5 Å². The molecule has 4 aromatic carbocycles. The molecule has 0 fully saturated rings. The van der Waals surface area contributed by atoms with Gasteiger partial charge in [0.05, 0.1) is 0 Å². The van der Waals surface area contributed by atoms with Crippen molar-refractivity contribution in [2.45, 2.75) is 39.5 Å². The fourth-order valence-electron chi connectivity index (χ4n) is 7.31. The van der Waals surface area contributed by atoms with Gasteiger partial charge in [0.25, 0.3) is 0 Å². The molecule has 12 rings (SSSR count). The van der Waals surface area contributed by atoms with Crippen molar-refractivity contribution in [3.05, 3.63) is 159 Å². The second-order valence-electron chi connectivity index (χ2n) is 12.9. The Morgan fingerprint density at radius 2 is 1.42 bits per heavy atom. The first-order valence-corrected chi connectivity index (χ1v) is 17.7. The first-order valence-electron chi connectivity index (χ1n) is 16.5. The number of aryl methyl sites for hydroxylation is 6. The Morgan fingerprint density at radius 1 is 0.646 bits per heavy atom. The molecular formula is C42H34N4OPt. The van der Waals surface area contributed by atoms with Crippen LogP contribution in [0.1, 0.15) is 33.6 Å². The van der Waals surface area contributed by atoms with Gasteiger partial charge in [-0.1, -0.05) is 12.1 Å². The molecule has 238 valence electrons. The van der Waals surface area contributed by atoms with Crippen LogP contribution in [-0.4, -0.2) is 18.5 Å². The van der Waals surface area contributed by atoms with Crippen LogP contribution in [0, 0.1) is 17.7 Å². The number of pyridine rings is 2. The summed E-state index contributed by atoms with van der Waals surface area (Å²) in [6, 6.07) is 41.4. The molecule has 4 bridgehead atoms. The van der Waals surface area contributed by atoms with Crippen molar-refractivity contribution in [2.75, 3.05) is 0 Å². The van der Waals surface area contributed by atoms with Gasteiger partial charge in [0.2, 0.25) is 0 Å². The van der Waals surface area contributed by atoms with Gasteiger partial charge < -0.3 is 0 Å². The van der Waals surface area contributed by atoms with Crippen LogP contribution < -0.4 is 4.74 Å². The molecule has 2 aliphatic carbocycles. The van der Waals surface area contributed by atoms with Gasteiger partial charge in [0.15, 0.2) is 0 Å². The second kappa shape index (κ2) is 11.6. The molecule has 0 spiro atoms. The zero-order valence-corrected chi connectivity index (χ0v) is 29.2. The van der Waals surface area contributed by atoms with Gasteiger partial charge in [0, 0.05) is 5.69 Å². The van der Waals surface area contributed by atoms with Crippen LogP contribution >= 0.6 is 0 Å². The summed E-state index contributed by atoms with van der Waals surface area (Å²) < 4.78 is 14.8. The van der Waals surface area contributed by atoms with Crippen molar-refractivity contribution in [1.29, 1.82) is 0 Å². The molecule has 4 aromatic heterocycles. The number of hydrogen-bond donors (Lipinski definition) is 0. The van der Waals surface area contributed by atoms with Crippen LogP contribution in [0.2, 0.25) is 0 Å². The van der Waals surface area contributed by atoms with Crippen LogP contribution in [0.5, 0.6) is 11.5 Å². The van der Waals surface area contributed by atoms with E-state index in [2.05, 4.69) is 162 Å². The minimum atomic E-state index is 0.789. The third-order valence-corrected chi connectivity index (χ3v) is 10.7. The van der Waals surface area contributed by atoms with Crippen LogP contribution in [0.15, 0.2) is 121 Å². The van der Waals surface area contributed by atoms with E-state index in [1.54, 1.807) is 0 Å². The van der Waals surface area contributed by atoms with Crippen molar-refractivity contribution in [2.24, 2.45) is 0 Å². The molecular weight excluding hydrogens is 772 g/mol. The van der Waals surface area contributed by atoms with Gasteiger partial charge in [-0.3, -0.25) is 0 Å². The van der Waals surface area contributed by atoms with Gasteiger partial charge in [-0.15, -0.1) is 0 Å². The molecule has 0 saturated heterocycles. The fourth-order valence-corrected chi connectivity index (χ4v) is 8.35. The number of para-hydroxylation sites is 1. The molecule has 6 heterocycles. The first kappa shape index (κ1) is 29.2. The third-order valence-electron chi connectivity index (χ3n) is 9.61. The Labute approximate surface area is 290 Å². The van der Waals surface area contributed by atoms with Crippen LogP contribution in [0.3, 0.4) is 0 Å². The summed E-state index contributed by atoms with van der Waals surface area (Å²) in [5, 5.41) is 2.38. The van der Waals surface area contributed by atoms with E-state index in [-0.39, 0.29) is 0 Å². The van der Waals surface area contributed by atoms with Gasteiger partial charge in [0.1, 0.15) is 0 Å². The number of benzene rings is 4. The molecule has 2 aliphatic heterocycles.